The van der Waals surface area contributed by atoms with Crippen LogP contribution in [0.25, 0.3) is 0 Å². The molecule has 0 atom stereocenters. The van der Waals surface area contributed by atoms with Crippen LogP contribution in [-0.2, 0) is 6.54 Å². The molecule has 0 saturated carbocycles. The average molecular weight is 290 g/mol. The Balaban J connectivity index is 1.99. The molecule has 3 heteroatoms. The quantitative estimate of drug-likeness (QED) is 0.809. The van der Waals surface area contributed by atoms with Crippen LogP contribution in [0.3, 0.4) is 0 Å². The van der Waals surface area contributed by atoms with E-state index in [9.17, 15) is 0 Å². The van der Waals surface area contributed by atoms with Gasteiger partial charge in [-0.3, -0.25) is 0 Å². The molecule has 2 nitrogen and oxygen atoms in total. The number of halogens is 1. The second kappa shape index (κ2) is 7.20. The molecule has 0 aliphatic heterocycles. The minimum absolute atomic E-state index is 0.513. The lowest BCUT2D eigenvalue weighted by Gasteiger charge is -2.14. The molecular formula is C17H20ClNO. The van der Waals surface area contributed by atoms with Crippen LogP contribution >= 0.6 is 11.6 Å². The summed E-state index contributed by atoms with van der Waals surface area (Å²) in [6, 6.07) is 15.9. The Morgan fingerprint density at radius 1 is 1.05 bits per heavy atom. The van der Waals surface area contributed by atoms with Gasteiger partial charge in [0.05, 0.1) is 12.3 Å². The monoisotopic (exact) mass is 289 g/mol. The minimum atomic E-state index is 0.513. The molecule has 20 heavy (non-hydrogen) atoms. The molecular weight excluding hydrogens is 270 g/mol. The number of anilines is 1. The van der Waals surface area contributed by atoms with Crippen LogP contribution in [0.5, 0.6) is 5.75 Å². The Morgan fingerprint density at radius 2 is 1.75 bits per heavy atom. The van der Waals surface area contributed by atoms with Crippen molar-refractivity contribution in [3.8, 4) is 5.75 Å². The van der Waals surface area contributed by atoms with E-state index in [0.29, 0.717) is 5.92 Å². The summed E-state index contributed by atoms with van der Waals surface area (Å²) in [5.41, 5.74) is 2.20. The molecule has 0 amide bonds. The maximum absolute atomic E-state index is 5.88. The van der Waals surface area contributed by atoms with E-state index in [0.717, 1.165) is 29.6 Å². The predicted molar refractivity (Wildman–Crippen MR) is 85.6 cm³/mol. The van der Waals surface area contributed by atoms with Crippen LogP contribution in [-0.4, -0.2) is 6.61 Å². The van der Waals surface area contributed by atoms with Crippen LogP contribution in [0.15, 0.2) is 48.5 Å². The van der Waals surface area contributed by atoms with Crippen LogP contribution < -0.4 is 10.1 Å². The standard InChI is InChI=1S/C17H20ClNO/c1-13(2)12-20-17-6-4-3-5-16(17)19-11-14-7-9-15(18)10-8-14/h3-10,13,19H,11-12H2,1-2H3. The smallest absolute Gasteiger partial charge is 0.142 e. The highest BCUT2D eigenvalue weighted by Crippen LogP contribution is 2.25. The van der Waals surface area contributed by atoms with Gasteiger partial charge in [-0.05, 0) is 35.7 Å². The van der Waals surface area contributed by atoms with Gasteiger partial charge in [0.25, 0.3) is 0 Å². The van der Waals surface area contributed by atoms with Crippen LogP contribution in [0.4, 0.5) is 5.69 Å². The van der Waals surface area contributed by atoms with E-state index in [4.69, 9.17) is 16.3 Å². The Kier molecular flexibility index (Phi) is 5.31. The first-order valence-electron chi connectivity index (χ1n) is 6.85. The fourth-order valence-corrected chi connectivity index (χ4v) is 1.92. The molecule has 0 saturated heterocycles. The van der Waals surface area contributed by atoms with Crippen molar-refractivity contribution >= 4 is 17.3 Å². The van der Waals surface area contributed by atoms with Gasteiger partial charge in [0.1, 0.15) is 5.75 Å². The Labute approximate surface area is 125 Å². The molecule has 2 rings (SSSR count). The summed E-state index contributed by atoms with van der Waals surface area (Å²) in [5, 5.41) is 4.16. The highest BCUT2D eigenvalue weighted by Gasteiger charge is 2.04. The summed E-state index contributed by atoms with van der Waals surface area (Å²) in [7, 11) is 0. The first kappa shape index (κ1) is 14.7. The van der Waals surface area contributed by atoms with E-state index >= 15 is 0 Å². The van der Waals surface area contributed by atoms with Gasteiger partial charge in [0.2, 0.25) is 0 Å². The van der Waals surface area contributed by atoms with Gasteiger partial charge in [0.15, 0.2) is 0 Å². The number of benzene rings is 2. The molecule has 0 bridgehead atoms. The molecule has 1 N–H and O–H groups in total. The average Bonchev–Trinajstić information content (AvgIpc) is 2.45. The van der Waals surface area contributed by atoms with Crippen molar-refractivity contribution < 1.29 is 4.74 Å². The van der Waals surface area contributed by atoms with Crippen molar-refractivity contribution in [3.05, 3.63) is 59.1 Å². The lowest BCUT2D eigenvalue weighted by atomic mass is 10.2. The molecule has 0 aliphatic carbocycles. The van der Waals surface area contributed by atoms with Gasteiger partial charge in [-0.1, -0.05) is 49.7 Å². The molecule has 0 spiro atoms. The third-order valence-corrected chi connectivity index (χ3v) is 3.11. The van der Waals surface area contributed by atoms with Gasteiger partial charge in [-0.25, -0.2) is 0 Å². The Hall–Kier alpha value is -1.67. The molecule has 2 aromatic carbocycles. The largest absolute Gasteiger partial charge is 0.491 e. The van der Waals surface area contributed by atoms with Crippen molar-refractivity contribution in [2.45, 2.75) is 20.4 Å². The van der Waals surface area contributed by atoms with E-state index < -0.39 is 0 Å². The normalized spacial score (nSPS) is 10.6. The molecule has 0 aliphatic rings. The van der Waals surface area contributed by atoms with Crippen LogP contribution in [0, 0.1) is 5.92 Å². The zero-order chi connectivity index (χ0) is 14.4. The second-order valence-electron chi connectivity index (χ2n) is 5.18. The molecule has 0 heterocycles. The number of para-hydroxylation sites is 2. The molecule has 0 fully saturated rings. The summed E-state index contributed by atoms with van der Waals surface area (Å²) in [6.07, 6.45) is 0. The fraction of sp³-hybridized carbons (Fsp3) is 0.294. The predicted octanol–water partition coefficient (Wildman–Crippen LogP) is 4.99. The first-order chi connectivity index (χ1) is 9.65. The number of hydrogen-bond acceptors (Lipinski definition) is 2. The van der Waals surface area contributed by atoms with E-state index in [-0.39, 0.29) is 0 Å². The van der Waals surface area contributed by atoms with E-state index in [1.165, 1.54) is 5.56 Å². The lowest BCUT2D eigenvalue weighted by Crippen LogP contribution is -2.07. The van der Waals surface area contributed by atoms with Crippen molar-refractivity contribution in [1.82, 2.24) is 0 Å². The highest BCUT2D eigenvalue weighted by molar-refractivity contribution is 6.30. The van der Waals surface area contributed by atoms with Gasteiger partial charge < -0.3 is 10.1 Å². The summed E-state index contributed by atoms with van der Waals surface area (Å²) >= 11 is 5.88. The number of nitrogens with one attached hydrogen (secondary N) is 1. The summed E-state index contributed by atoms with van der Waals surface area (Å²) < 4.78 is 5.82. The summed E-state index contributed by atoms with van der Waals surface area (Å²) in [5.74, 6) is 1.41. The Bertz CT molecular complexity index is 537. The molecule has 0 aromatic heterocycles. The van der Waals surface area contributed by atoms with Gasteiger partial charge >= 0.3 is 0 Å². The maximum atomic E-state index is 5.88. The van der Waals surface area contributed by atoms with E-state index in [1.54, 1.807) is 0 Å². The van der Waals surface area contributed by atoms with Crippen molar-refractivity contribution in [3.63, 3.8) is 0 Å². The van der Waals surface area contributed by atoms with Crippen molar-refractivity contribution in [2.75, 3.05) is 11.9 Å². The number of hydrogen-bond donors (Lipinski definition) is 1. The second-order valence-corrected chi connectivity index (χ2v) is 5.62. The zero-order valence-corrected chi connectivity index (χ0v) is 12.7. The first-order valence-corrected chi connectivity index (χ1v) is 7.23. The highest BCUT2D eigenvalue weighted by atomic mass is 35.5. The molecule has 2 aromatic rings. The Morgan fingerprint density at radius 3 is 2.45 bits per heavy atom. The number of ether oxygens (including phenoxy) is 1. The minimum Gasteiger partial charge on any atom is -0.491 e. The third-order valence-electron chi connectivity index (χ3n) is 2.86. The summed E-state index contributed by atoms with van der Waals surface area (Å²) in [6.45, 7) is 5.76. The van der Waals surface area contributed by atoms with Gasteiger partial charge in [-0.15, -0.1) is 0 Å². The SMILES string of the molecule is CC(C)COc1ccccc1NCc1ccc(Cl)cc1. The maximum Gasteiger partial charge on any atom is 0.142 e. The molecule has 0 radical (unpaired) electrons. The van der Waals surface area contributed by atoms with E-state index in [1.807, 2.05) is 48.5 Å². The third kappa shape index (κ3) is 4.46. The number of rotatable bonds is 6. The van der Waals surface area contributed by atoms with Crippen molar-refractivity contribution in [2.24, 2.45) is 5.92 Å². The van der Waals surface area contributed by atoms with Crippen LogP contribution in [0.2, 0.25) is 5.02 Å². The van der Waals surface area contributed by atoms with E-state index in [2.05, 4.69) is 19.2 Å². The van der Waals surface area contributed by atoms with Crippen LogP contribution in [0.1, 0.15) is 19.4 Å². The van der Waals surface area contributed by atoms with Crippen molar-refractivity contribution in [1.29, 1.82) is 0 Å². The molecule has 0 unspecified atom stereocenters. The zero-order valence-electron chi connectivity index (χ0n) is 11.9. The molecule has 106 valence electrons. The fourth-order valence-electron chi connectivity index (χ4n) is 1.79. The lowest BCUT2D eigenvalue weighted by molar-refractivity contribution is 0.272. The van der Waals surface area contributed by atoms with Gasteiger partial charge in [-0.2, -0.15) is 0 Å². The van der Waals surface area contributed by atoms with Gasteiger partial charge in [0, 0.05) is 11.6 Å². The summed E-state index contributed by atoms with van der Waals surface area (Å²) in [4.78, 5) is 0. The topological polar surface area (TPSA) is 21.3 Å².